The van der Waals surface area contributed by atoms with Crippen LogP contribution in [0.5, 0.6) is 5.95 Å². The van der Waals surface area contributed by atoms with Crippen molar-refractivity contribution in [3.63, 3.8) is 0 Å². The smallest absolute Gasteiger partial charge is 0.373 e. The normalized spacial score (nSPS) is 9.42. The Labute approximate surface area is 66.9 Å². The molecular formula is C6H5NO5. The van der Waals surface area contributed by atoms with E-state index in [1.165, 1.54) is 0 Å². The predicted molar refractivity (Wildman–Crippen MR) is 36.7 cm³/mol. The van der Waals surface area contributed by atoms with E-state index in [-0.39, 0.29) is 11.6 Å². The Kier molecular flexibility index (Phi) is 2.09. The molecule has 0 aliphatic rings. The van der Waals surface area contributed by atoms with Gasteiger partial charge in [-0.25, -0.2) is 0 Å². The summed E-state index contributed by atoms with van der Waals surface area (Å²) in [6.45, 7) is 1.13. The molecule has 0 atom stereocenters. The predicted octanol–water partition coefficient (Wildman–Crippen LogP) is 1.11. The van der Waals surface area contributed by atoms with Crippen LogP contribution in [0, 0.1) is 10.1 Å². The number of carbonyl (C=O) groups is 1. The molecule has 1 aromatic rings. The van der Waals surface area contributed by atoms with Crippen molar-refractivity contribution in [1.29, 1.82) is 0 Å². The molecule has 1 aromatic heterocycles. The Morgan fingerprint density at radius 3 is 2.92 bits per heavy atom. The molecule has 64 valence electrons. The lowest BCUT2D eigenvalue weighted by Crippen LogP contribution is -2.02. The third-order valence-corrected chi connectivity index (χ3v) is 1.04. The summed E-state index contributed by atoms with van der Waals surface area (Å²) in [6.07, 6.45) is 1.08. The van der Waals surface area contributed by atoms with Crippen LogP contribution in [-0.4, -0.2) is 10.9 Å². The van der Waals surface area contributed by atoms with Crippen LogP contribution in [-0.2, 0) is 4.79 Å². The van der Waals surface area contributed by atoms with Crippen molar-refractivity contribution in [2.24, 2.45) is 0 Å². The van der Waals surface area contributed by atoms with Crippen LogP contribution >= 0.6 is 0 Å². The summed E-state index contributed by atoms with van der Waals surface area (Å²) in [5.74, 6) is -1.04. The largest absolute Gasteiger partial charge is 0.429 e. The van der Waals surface area contributed by atoms with Gasteiger partial charge in [0.05, 0.1) is 11.0 Å². The minimum absolute atomic E-state index is 0.356. The van der Waals surface area contributed by atoms with Crippen LogP contribution in [0.3, 0.4) is 0 Å². The summed E-state index contributed by atoms with van der Waals surface area (Å²) < 4.78 is 8.95. The molecule has 0 spiro atoms. The monoisotopic (exact) mass is 171 g/mol. The Balaban J connectivity index is 2.91. The van der Waals surface area contributed by atoms with Crippen molar-refractivity contribution in [3.8, 4) is 5.95 Å². The molecule has 1 heterocycles. The summed E-state index contributed by atoms with van der Waals surface area (Å²) in [6, 6.07) is 1.11. The first-order valence-electron chi connectivity index (χ1n) is 3.01. The molecule has 1 rings (SSSR count). The maximum atomic E-state index is 10.4. The molecule has 0 amide bonds. The molecule has 0 saturated heterocycles. The molecule has 0 saturated carbocycles. The van der Waals surface area contributed by atoms with Crippen molar-refractivity contribution < 1.29 is 18.9 Å². The van der Waals surface area contributed by atoms with Gasteiger partial charge < -0.3 is 9.15 Å². The second-order valence-electron chi connectivity index (χ2n) is 1.94. The summed E-state index contributed by atoms with van der Waals surface area (Å²) in [5.41, 5.74) is -0.356. The quantitative estimate of drug-likeness (QED) is 0.378. The van der Waals surface area contributed by atoms with E-state index in [4.69, 9.17) is 0 Å². The summed E-state index contributed by atoms with van der Waals surface area (Å²) in [4.78, 5) is 19.9. The van der Waals surface area contributed by atoms with Crippen molar-refractivity contribution in [2.45, 2.75) is 6.92 Å². The molecule has 12 heavy (non-hydrogen) atoms. The SMILES string of the molecule is CC(=O)Oc1occc1[N+](=O)[O-]. The van der Waals surface area contributed by atoms with E-state index in [0.29, 0.717) is 0 Å². The fraction of sp³-hybridized carbons (Fsp3) is 0.167. The number of carbonyl (C=O) groups excluding carboxylic acids is 1. The van der Waals surface area contributed by atoms with E-state index in [2.05, 4.69) is 9.15 Å². The van der Waals surface area contributed by atoms with Crippen molar-refractivity contribution in [3.05, 3.63) is 22.4 Å². The fourth-order valence-electron chi connectivity index (χ4n) is 0.631. The van der Waals surface area contributed by atoms with E-state index >= 15 is 0 Å². The van der Waals surface area contributed by atoms with Gasteiger partial charge in [-0.05, 0) is 0 Å². The van der Waals surface area contributed by atoms with Gasteiger partial charge in [0.25, 0.3) is 0 Å². The average Bonchev–Trinajstić information content (AvgIpc) is 2.33. The highest BCUT2D eigenvalue weighted by Gasteiger charge is 2.20. The molecule has 0 radical (unpaired) electrons. The number of nitro groups is 1. The Hall–Kier alpha value is -1.85. The maximum Gasteiger partial charge on any atom is 0.373 e. The van der Waals surface area contributed by atoms with E-state index in [0.717, 1.165) is 19.3 Å². The molecule has 0 bridgehead atoms. The number of hydrogen-bond donors (Lipinski definition) is 0. The molecular weight excluding hydrogens is 166 g/mol. The first kappa shape index (κ1) is 8.25. The average molecular weight is 171 g/mol. The van der Waals surface area contributed by atoms with Crippen molar-refractivity contribution in [2.75, 3.05) is 0 Å². The highest BCUT2D eigenvalue weighted by molar-refractivity contribution is 5.69. The lowest BCUT2D eigenvalue weighted by atomic mass is 10.5. The van der Waals surface area contributed by atoms with Gasteiger partial charge in [-0.2, -0.15) is 0 Å². The Morgan fingerprint density at radius 2 is 2.42 bits per heavy atom. The molecule has 0 unspecified atom stereocenters. The number of nitrogens with zero attached hydrogens (tertiary/aromatic N) is 1. The van der Waals surface area contributed by atoms with Gasteiger partial charge in [-0.3, -0.25) is 14.9 Å². The number of ether oxygens (including phenoxy) is 1. The van der Waals surface area contributed by atoms with Gasteiger partial charge in [-0.1, -0.05) is 0 Å². The van der Waals surface area contributed by atoms with Crippen LogP contribution in [0.25, 0.3) is 0 Å². The maximum absolute atomic E-state index is 10.4. The molecule has 0 aromatic carbocycles. The molecule has 6 heteroatoms. The number of rotatable bonds is 2. The minimum Gasteiger partial charge on any atom is -0.429 e. The minimum atomic E-state index is -0.693. The second-order valence-corrected chi connectivity index (χ2v) is 1.94. The highest BCUT2D eigenvalue weighted by Crippen LogP contribution is 2.27. The Bertz CT molecular complexity index is 315. The Morgan fingerprint density at radius 1 is 1.75 bits per heavy atom. The number of esters is 1. The number of hydrogen-bond acceptors (Lipinski definition) is 5. The zero-order valence-corrected chi connectivity index (χ0v) is 6.14. The first-order valence-corrected chi connectivity index (χ1v) is 3.01. The van der Waals surface area contributed by atoms with Gasteiger partial charge in [0.15, 0.2) is 0 Å². The van der Waals surface area contributed by atoms with Gasteiger partial charge in [0.2, 0.25) is 0 Å². The van der Waals surface area contributed by atoms with Crippen molar-refractivity contribution in [1.82, 2.24) is 0 Å². The summed E-state index contributed by atoms with van der Waals surface area (Å²) in [5, 5.41) is 10.2. The third-order valence-electron chi connectivity index (χ3n) is 1.04. The van der Waals surface area contributed by atoms with E-state index in [1.807, 2.05) is 0 Å². The topological polar surface area (TPSA) is 82.6 Å². The molecule has 6 nitrogen and oxygen atoms in total. The number of furan rings is 1. The van der Waals surface area contributed by atoms with E-state index in [9.17, 15) is 14.9 Å². The summed E-state index contributed by atoms with van der Waals surface area (Å²) >= 11 is 0. The van der Waals surface area contributed by atoms with Crippen LogP contribution in [0.4, 0.5) is 5.69 Å². The van der Waals surface area contributed by atoms with Gasteiger partial charge in [0.1, 0.15) is 6.26 Å². The summed E-state index contributed by atoms with van der Waals surface area (Å²) in [7, 11) is 0. The zero-order chi connectivity index (χ0) is 9.14. The van der Waals surface area contributed by atoms with Gasteiger partial charge >= 0.3 is 17.6 Å². The third kappa shape index (κ3) is 1.60. The van der Waals surface area contributed by atoms with Gasteiger partial charge in [-0.15, -0.1) is 0 Å². The van der Waals surface area contributed by atoms with Crippen LogP contribution in [0.15, 0.2) is 16.7 Å². The lowest BCUT2D eigenvalue weighted by Gasteiger charge is -1.93. The molecule has 0 aliphatic heterocycles. The van der Waals surface area contributed by atoms with Crippen LogP contribution in [0.2, 0.25) is 0 Å². The van der Waals surface area contributed by atoms with E-state index < -0.39 is 10.9 Å². The standard InChI is InChI=1S/C6H5NO5/c1-4(8)12-6-5(7(9)10)2-3-11-6/h2-3H,1H3. The fourth-order valence-corrected chi connectivity index (χ4v) is 0.631. The second kappa shape index (κ2) is 3.04. The van der Waals surface area contributed by atoms with E-state index in [1.54, 1.807) is 0 Å². The van der Waals surface area contributed by atoms with Crippen molar-refractivity contribution >= 4 is 11.7 Å². The first-order chi connectivity index (χ1) is 5.61. The molecule has 0 N–H and O–H groups in total. The zero-order valence-electron chi connectivity index (χ0n) is 6.14. The van der Waals surface area contributed by atoms with Gasteiger partial charge in [0, 0.05) is 6.92 Å². The van der Waals surface area contributed by atoms with Crippen LogP contribution < -0.4 is 4.74 Å². The molecule has 0 fully saturated rings. The molecule has 0 aliphatic carbocycles. The van der Waals surface area contributed by atoms with Crippen LogP contribution in [0.1, 0.15) is 6.92 Å². The highest BCUT2D eigenvalue weighted by atomic mass is 16.6. The lowest BCUT2D eigenvalue weighted by molar-refractivity contribution is -0.386.